The number of hydrogen-bond donors (Lipinski definition) is 3. The number of carbonyl (C=O) groups excluding carboxylic acids is 1. The summed E-state index contributed by atoms with van der Waals surface area (Å²) in [5, 5.41) is 17.5. The van der Waals surface area contributed by atoms with Crippen LogP contribution < -0.4 is 10.6 Å². The molecule has 3 rings (SSSR count). The van der Waals surface area contributed by atoms with Gasteiger partial charge in [-0.15, -0.1) is 0 Å². The van der Waals surface area contributed by atoms with Crippen LogP contribution in [0.1, 0.15) is 82.1 Å². The Bertz CT molecular complexity index is 1010. The molecule has 1 fully saturated rings. The molecule has 35 heavy (non-hydrogen) atoms. The lowest BCUT2D eigenvalue weighted by Crippen LogP contribution is -2.53. The first-order valence-electron chi connectivity index (χ1n) is 12.7. The number of rotatable bonds is 8. The summed E-state index contributed by atoms with van der Waals surface area (Å²) in [6.45, 7) is 10.4. The highest BCUT2D eigenvalue weighted by molar-refractivity contribution is 5.73. The fraction of sp³-hybridized carbons (Fsp3) is 0.552. The standard InChI is InChI=1S/C29H40F2N2O2/c1-19-9-10-22(16-25(19)28(3,4)5)29(11-7-6-8-12-29)32-18-27(35)26(33-20(2)34)15-21-13-23(30)17-24(31)14-21/h9-10,13-14,16-17,26-27,32,35H,6-8,11-12,15,18H2,1-5H3,(H,33,34). The number of aryl methyl sites for hydroxylation is 1. The number of aliphatic hydroxyl groups is 1. The number of halogens is 2. The van der Waals surface area contributed by atoms with Gasteiger partial charge in [0.05, 0.1) is 12.1 Å². The minimum atomic E-state index is -0.934. The van der Waals surface area contributed by atoms with Crippen molar-refractivity contribution in [2.24, 2.45) is 0 Å². The van der Waals surface area contributed by atoms with Crippen LogP contribution in [0.25, 0.3) is 0 Å². The molecule has 0 aromatic heterocycles. The molecular weight excluding hydrogens is 446 g/mol. The van der Waals surface area contributed by atoms with Crippen molar-refractivity contribution < 1.29 is 18.7 Å². The van der Waals surface area contributed by atoms with Crippen LogP contribution in [0, 0.1) is 18.6 Å². The van der Waals surface area contributed by atoms with E-state index >= 15 is 0 Å². The monoisotopic (exact) mass is 486 g/mol. The predicted octanol–water partition coefficient (Wildman–Crippen LogP) is 5.43. The molecule has 1 amide bonds. The van der Waals surface area contributed by atoms with Crippen molar-refractivity contribution in [1.82, 2.24) is 10.6 Å². The van der Waals surface area contributed by atoms with Gasteiger partial charge >= 0.3 is 0 Å². The summed E-state index contributed by atoms with van der Waals surface area (Å²) in [6.07, 6.45) is 4.50. The van der Waals surface area contributed by atoms with E-state index in [-0.39, 0.29) is 29.8 Å². The van der Waals surface area contributed by atoms with Gasteiger partial charge in [-0.2, -0.15) is 0 Å². The topological polar surface area (TPSA) is 61.4 Å². The van der Waals surface area contributed by atoms with Crippen LogP contribution in [0.4, 0.5) is 8.78 Å². The summed E-state index contributed by atoms with van der Waals surface area (Å²) in [5.74, 6) is -1.65. The van der Waals surface area contributed by atoms with E-state index in [0.29, 0.717) is 5.56 Å². The first-order valence-corrected chi connectivity index (χ1v) is 12.7. The third-order valence-corrected chi connectivity index (χ3v) is 7.19. The average molecular weight is 487 g/mol. The maximum Gasteiger partial charge on any atom is 0.217 e. The summed E-state index contributed by atoms with van der Waals surface area (Å²) in [5.41, 5.74) is 3.95. The van der Waals surface area contributed by atoms with E-state index in [2.05, 4.69) is 56.5 Å². The second-order valence-corrected chi connectivity index (χ2v) is 11.2. The summed E-state index contributed by atoms with van der Waals surface area (Å²) in [6, 6.07) is 9.29. The molecule has 6 heteroatoms. The van der Waals surface area contributed by atoms with Gasteiger partial charge in [-0.3, -0.25) is 4.79 Å². The summed E-state index contributed by atoms with van der Waals surface area (Å²) in [7, 11) is 0. The Kier molecular flexibility index (Phi) is 8.71. The summed E-state index contributed by atoms with van der Waals surface area (Å²) < 4.78 is 27.4. The van der Waals surface area contributed by atoms with Gasteiger partial charge in [0.15, 0.2) is 0 Å². The molecule has 3 N–H and O–H groups in total. The molecule has 0 saturated heterocycles. The Balaban J connectivity index is 1.83. The van der Waals surface area contributed by atoms with Crippen LogP contribution in [0.5, 0.6) is 0 Å². The normalized spacial score (nSPS) is 17.6. The van der Waals surface area contributed by atoms with Gasteiger partial charge in [0.2, 0.25) is 5.91 Å². The van der Waals surface area contributed by atoms with Gasteiger partial charge < -0.3 is 15.7 Å². The minimum absolute atomic E-state index is 0.0200. The molecule has 2 aromatic rings. The van der Waals surface area contributed by atoms with E-state index in [9.17, 15) is 18.7 Å². The first-order chi connectivity index (χ1) is 16.4. The van der Waals surface area contributed by atoms with E-state index in [0.717, 1.165) is 31.7 Å². The third-order valence-electron chi connectivity index (χ3n) is 7.19. The molecule has 0 spiro atoms. The van der Waals surface area contributed by atoms with E-state index in [4.69, 9.17) is 0 Å². The Hall–Kier alpha value is -2.31. The predicted molar refractivity (Wildman–Crippen MR) is 136 cm³/mol. The number of amides is 1. The first kappa shape index (κ1) is 27.3. The van der Waals surface area contributed by atoms with Crippen molar-refractivity contribution in [3.8, 4) is 0 Å². The van der Waals surface area contributed by atoms with E-state index < -0.39 is 23.8 Å². The third kappa shape index (κ3) is 7.11. The highest BCUT2D eigenvalue weighted by atomic mass is 19.1. The molecule has 1 aliphatic rings. The molecule has 4 nitrogen and oxygen atoms in total. The van der Waals surface area contributed by atoms with Crippen LogP contribution >= 0.6 is 0 Å². The number of benzene rings is 2. The molecule has 1 aliphatic carbocycles. The Morgan fingerprint density at radius 1 is 1.06 bits per heavy atom. The van der Waals surface area contributed by atoms with Crippen molar-refractivity contribution in [2.75, 3.05) is 6.54 Å². The summed E-state index contributed by atoms with van der Waals surface area (Å²) >= 11 is 0. The van der Waals surface area contributed by atoms with Gasteiger partial charge in [-0.1, -0.05) is 58.2 Å². The van der Waals surface area contributed by atoms with Crippen molar-refractivity contribution in [1.29, 1.82) is 0 Å². The van der Waals surface area contributed by atoms with Gasteiger partial charge in [0.25, 0.3) is 0 Å². The molecule has 0 heterocycles. The zero-order valence-electron chi connectivity index (χ0n) is 21.7. The Labute approximate surface area is 208 Å². The van der Waals surface area contributed by atoms with Gasteiger partial charge in [-0.25, -0.2) is 8.78 Å². The van der Waals surface area contributed by atoms with Crippen LogP contribution in [0.2, 0.25) is 0 Å². The van der Waals surface area contributed by atoms with E-state index in [1.165, 1.54) is 42.2 Å². The highest BCUT2D eigenvalue weighted by Crippen LogP contribution is 2.39. The van der Waals surface area contributed by atoms with Crippen molar-refractivity contribution >= 4 is 5.91 Å². The van der Waals surface area contributed by atoms with E-state index in [1.54, 1.807) is 0 Å². The van der Waals surface area contributed by atoms with Gasteiger partial charge in [0.1, 0.15) is 11.6 Å². The maximum absolute atomic E-state index is 13.7. The molecule has 2 aromatic carbocycles. The quantitative estimate of drug-likeness (QED) is 0.466. The lowest BCUT2D eigenvalue weighted by molar-refractivity contribution is -0.120. The zero-order valence-corrected chi connectivity index (χ0v) is 21.7. The SMILES string of the molecule is CC(=O)NC(Cc1cc(F)cc(F)c1)C(O)CNC1(c2ccc(C)c(C(C)(C)C)c2)CCCCC1. The minimum Gasteiger partial charge on any atom is -0.390 e. The van der Waals surface area contributed by atoms with E-state index in [1.807, 2.05) is 0 Å². The second-order valence-electron chi connectivity index (χ2n) is 11.2. The number of aliphatic hydroxyl groups excluding tert-OH is 1. The number of carbonyl (C=O) groups is 1. The zero-order chi connectivity index (χ0) is 25.8. The van der Waals surface area contributed by atoms with Crippen LogP contribution in [0.3, 0.4) is 0 Å². The lowest BCUT2D eigenvalue weighted by atomic mass is 9.73. The molecular formula is C29H40F2N2O2. The average Bonchev–Trinajstić information content (AvgIpc) is 2.76. The fourth-order valence-corrected chi connectivity index (χ4v) is 5.42. The van der Waals surface area contributed by atoms with Crippen LogP contribution in [0.15, 0.2) is 36.4 Å². The van der Waals surface area contributed by atoms with Crippen molar-refractivity contribution in [2.45, 2.75) is 96.2 Å². The highest BCUT2D eigenvalue weighted by Gasteiger charge is 2.35. The van der Waals surface area contributed by atoms with Gasteiger partial charge in [0, 0.05) is 25.1 Å². The number of nitrogens with one attached hydrogen (secondary N) is 2. The van der Waals surface area contributed by atoms with Crippen molar-refractivity contribution in [3.05, 3.63) is 70.3 Å². The fourth-order valence-electron chi connectivity index (χ4n) is 5.42. The van der Waals surface area contributed by atoms with Gasteiger partial charge in [-0.05, 0) is 66.0 Å². The Morgan fingerprint density at radius 2 is 1.69 bits per heavy atom. The van der Waals surface area contributed by atoms with Crippen LogP contribution in [-0.4, -0.2) is 29.7 Å². The summed E-state index contributed by atoms with van der Waals surface area (Å²) in [4.78, 5) is 11.8. The smallest absolute Gasteiger partial charge is 0.217 e. The molecule has 2 unspecified atom stereocenters. The molecule has 192 valence electrons. The molecule has 0 aliphatic heterocycles. The molecule has 1 saturated carbocycles. The maximum atomic E-state index is 13.7. The number of hydrogen-bond acceptors (Lipinski definition) is 3. The molecule has 0 radical (unpaired) electrons. The molecule has 2 atom stereocenters. The Morgan fingerprint density at radius 3 is 2.26 bits per heavy atom. The van der Waals surface area contributed by atoms with Crippen molar-refractivity contribution in [3.63, 3.8) is 0 Å². The molecule has 0 bridgehead atoms. The lowest BCUT2D eigenvalue weighted by Gasteiger charge is -2.41. The largest absolute Gasteiger partial charge is 0.390 e. The second kappa shape index (κ2) is 11.2. The van der Waals surface area contributed by atoms with Crippen LogP contribution in [-0.2, 0) is 22.2 Å².